The Morgan fingerprint density at radius 1 is 1.39 bits per heavy atom. The standard InChI is InChI=1S/C17H21F2NO3/c1-10-7-14(20-16(21)23-17(2,3)4)15(22-9-10)12-8-11(18)5-6-13(12)19/h5-6,8,14-15H,1,7,9H2,2-4H3,(H,20,21)/t14?,15-/m0/s1. The first-order valence-corrected chi connectivity index (χ1v) is 7.38. The van der Waals surface area contributed by atoms with Gasteiger partial charge in [-0.05, 0) is 51.0 Å². The van der Waals surface area contributed by atoms with Crippen molar-refractivity contribution in [2.75, 3.05) is 6.61 Å². The van der Waals surface area contributed by atoms with Crippen molar-refractivity contribution in [3.63, 3.8) is 0 Å². The van der Waals surface area contributed by atoms with Gasteiger partial charge in [0.2, 0.25) is 0 Å². The van der Waals surface area contributed by atoms with Gasteiger partial charge in [-0.2, -0.15) is 0 Å². The summed E-state index contributed by atoms with van der Waals surface area (Å²) in [7, 11) is 0. The van der Waals surface area contributed by atoms with Gasteiger partial charge in [0, 0.05) is 5.56 Å². The van der Waals surface area contributed by atoms with Gasteiger partial charge in [-0.15, -0.1) is 0 Å². The molecule has 2 rings (SSSR count). The second-order valence-corrected chi connectivity index (χ2v) is 6.60. The molecular weight excluding hydrogens is 304 g/mol. The van der Waals surface area contributed by atoms with Gasteiger partial charge < -0.3 is 14.8 Å². The second kappa shape index (κ2) is 6.66. The molecule has 23 heavy (non-hydrogen) atoms. The maximum Gasteiger partial charge on any atom is 0.407 e. The number of carbonyl (C=O) groups is 1. The molecule has 0 saturated carbocycles. The summed E-state index contributed by atoms with van der Waals surface area (Å²) in [4.78, 5) is 12.0. The largest absolute Gasteiger partial charge is 0.444 e. The van der Waals surface area contributed by atoms with E-state index in [1.807, 2.05) is 0 Å². The summed E-state index contributed by atoms with van der Waals surface area (Å²) >= 11 is 0. The van der Waals surface area contributed by atoms with Crippen molar-refractivity contribution in [3.8, 4) is 0 Å². The van der Waals surface area contributed by atoms with E-state index in [0.717, 1.165) is 23.8 Å². The Bertz CT molecular complexity index is 610. The predicted octanol–water partition coefficient (Wildman–Crippen LogP) is 3.88. The molecule has 1 aromatic rings. The number of hydrogen-bond acceptors (Lipinski definition) is 3. The third kappa shape index (κ3) is 4.76. The van der Waals surface area contributed by atoms with Crippen LogP contribution in [-0.4, -0.2) is 24.3 Å². The van der Waals surface area contributed by atoms with Crippen molar-refractivity contribution in [2.24, 2.45) is 0 Å². The maximum absolute atomic E-state index is 14.0. The molecule has 126 valence electrons. The summed E-state index contributed by atoms with van der Waals surface area (Å²) in [6.45, 7) is 9.29. The van der Waals surface area contributed by atoms with Gasteiger partial charge >= 0.3 is 6.09 Å². The third-order valence-corrected chi connectivity index (χ3v) is 3.31. The van der Waals surface area contributed by atoms with Gasteiger partial charge in [0.1, 0.15) is 23.3 Å². The zero-order chi connectivity index (χ0) is 17.2. The van der Waals surface area contributed by atoms with Crippen molar-refractivity contribution >= 4 is 6.09 Å². The lowest BCUT2D eigenvalue weighted by Gasteiger charge is -2.34. The van der Waals surface area contributed by atoms with E-state index in [-0.39, 0.29) is 12.2 Å². The van der Waals surface area contributed by atoms with Crippen LogP contribution in [0.2, 0.25) is 0 Å². The Labute approximate surface area is 134 Å². The van der Waals surface area contributed by atoms with Crippen LogP contribution in [0.1, 0.15) is 38.9 Å². The molecule has 0 aromatic heterocycles. The van der Waals surface area contributed by atoms with E-state index in [1.165, 1.54) is 0 Å². The van der Waals surface area contributed by atoms with Crippen LogP contribution in [0.15, 0.2) is 30.4 Å². The summed E-state index contributed by atoms with van der Waals surface area (Å²) in [5, 5.41) is 2.66. The number of amides is 1. The van der Waals surface area contributed by atoms with E-state index in [1.54, 1.807) is 20.8 Å². The number of benzene rings is 1. The molecule has 1 heterocycles. The molecule has 1 N–H and O–H groups in total. The molecule has 0 aliphatic carbocycles. The molecule has 1 aliphatic heterocycles. The van der Waals surface area contributed by atoms with Gasteiger partial charge in [-0.3, -0.25) is 0 Å². The predicted molar refractivity (Wildman–Crippen MR) is 82.0 cm³/mol. The minimum atomic E-state index is -0.802. The quantitative estimate of drug-likeness (QED) is 0.840. The number of halogens is 2. The molecule has 1 amide bonds. The van der Waals surface area contributed by atoms with Crippen molar-refractivity contribution in [1.29, 1.82) is 0 Å². The summed E-state index contributed by atoms with van der Waals surface area (Å²) in [6, 6.07) is 2.58. The van der Waals surface area contributed by atoms with Gasteiger partial charge in [-0.1, -0.05) is 6.58 Å². The lowest BCUT2D eigenvalue weighted by molar-refractivity contribution is 0.00328. The molecular formula is C17H21F2NO3. The molecule has 0 bridgehead atoms. The first kappa shape index (κ1) is 17.4. The molecule has 1 saturated heterocycles. The Morgan fingerprint density at radius 2 is 2.09 bits per heavy atom. The molecule has 0 spiro atoms. The molecule has 1 fully saturated rings. The molecule has 1 aromatic carbocycles. The zero-order valence-electron chi connectivity index (χ0n) is 13.5. The molecule has 0 radical (unpaired) electrons. The molecule has 2 atom stereocenters. The average Bonchev–Trinajstić information content (AvgIpc) is 2.40. The number of rotatable bonds is 2. The number of carbonyl (C=O) groups excluding carboxylic acids is 1. The highest BCUT2D eigenvalue weighted by Crippen LogP contribution is 2.32. The van der Waals surface area contributed by atoms with E-state index < -0.39 is 35.5 Å². The van der Waals surface area contributed by atoms with Crippen LogP contribution in [0.4, 0.5) is 13.6 Å². The van der Waals surface area contributed by atoms with Crippen LogP contribution < -0.4 is 5.32 Å². The molecule has 1 aliphatic rings. The van der Waals surface area contributed by atoms with E-state index in [2.05, 4.69) is 11.9 Å². The third-order valence-electron chi connectivity index (χ3n) is 3.31. The lowest BCUT2D eigenvalue weighted by atomic mass is 9.93. The van der Waals surface area contributed by atoms with Gasteiger partial charge in [-0.25, -0.2) is 13.6 Å². The van der Waals surface area contributed by atoms with Crippen molar-refractivity contribution in [1.82, 2.24) is 5.32 Å². The Balaban J connectivity index is 2.21. The SMILES string of the molecule is C=C1CO[C@@H](c2cc(F)ccc2F)C(NC(=O)OC(C)(C)C)C1. The van der Waals surface area contributed by atoms with E-state index in [0.29, 0.717) is 6.42 Å². The van der Waals surface area contributed by atoms with Crippen LogP contribution in [0.3, 0.4) is 0 Å². The zero-order valence-corrected chi connectivity index (χ0v) is 13.5. The minimum absolute atomic E-state index is 0.0681. The van der Waals surface area contributed by atoms with Crippen LogP contribution in [-0.2, 0) is 9.47 Å². The van der Waals surface area contributed by atoms with Gasteiger partial charge in [0.25, 0.3) is 0 Å². The van der Waals surface area contributed by atoms with Crippen molar-refractivity contribution in [3.05, 3.63) is 47.5 Å². The Morgan fingerprint density at radius 3 is 2.74 bits per heavy atom. The van der Waals surface area contributed by atoms with E-state index in [9.17, 15) is 13.6 Å². The number of ether oxygens (including phenoxy) is 2. The van der Waals surface area contributed by atoms with Crippen LogP contribution in [0.25, 0.3) is 0 Å². The fourth-order valence-corrected chi connectivity index (χ4v) is 2.43. The molecule has 1 unspecified atom stereocenters. The van der Waals surface area contributed by atoms with Crippen LogP contribution >= 0.6 is 0 Å². The molecule has 6 heteroatoms. The smallest absolute Gasteiger partial charge is 0.407 e. The number of nitrogens with one attached hydrogen (secondary N) is 1. The number of alkyl carbamates (subject to hydrolysis) is 1. The first-order chi connectivity index (χ1) is 10.7. The monoisotopic (exact) mass is 325 g/mol. The minimum Gasteiger partial charge on any atom is -0.444 e. The van der Waals surface area contributed by atoms with Gasteiger partial charge in [0.05, 0.1) is 12.6 Å². The highest BCUT2D eigenvalue weighted by atomic mass is 19.1. The van der Waals surface area contributed by atoms with Crippen molar-refractivity contribution in [2.45, 2.75) is 44.9 Å². The number of hydrogen-bond donors (Lipinski definition) is 1. The second-order valence-electron chi connectivity index (χ2n) is 6.60. The normalized spacial score (nSPS) is 21.9. The van der Waals surface area contributed by atoms with E-state index >= 15 is 0 Å². The highest BCUT2D eigenvalue weighted by Gasteiger charge is 2.33. The van der Waals surface area contributed by atoms with Crippen LogP contribution in [0.5, 0.6) is 0 Å². The van der Waals surface area contributed by atoms with Crippen LogP contribution in [0, 0.1) is 11.6 Å². The average molecular weight is 325 g/mol. The Hall–Kier alpha value is -1.95. The van der Waals surface area contributed by atoms with Crippen molar-refractivity contribution < 1.29 is 23.0 Å². The fourth-order valence-electron chi connectivity index (χ4n) is 2.43. The topological polar surface area (TPSA) is 47.6 Å². The van der Waals surface area contributed by atoms with E-state index in [4.69, 9.17) is 9.47 Å². The summed E-state index contributed by atoms with van der Waals surface area (Å²) in [5.41, 5.74) is 0.175. The lowest BCUT2D eigenvalue weighted by Crippen LogP contribution is -2.45. The molecule has 4 nitrogen and oxygen atoms in total. The summed E-state index contributed by atoms with van der Waals surface area (Å²) < 4.78 is 38.2. The summed E-state index contributed by atoms with van der Waals surface area (Å²) in [6.07, 6.45) is -1.04. The van der Waals surface area contributed by atoms with Gasteiger partial charge in [0.15, 0.2) is 0 Å². The Kier molecular flexibility index (Phi) is 5.04. The maximum atomic E-state index is 14.0. The first-order valence-electron chi connectivity index (χ1n) is 7.38. The fraction of sp³-hybridized carbons (Fsp3) is 0.471. The summed E-state index contributed by atoms with van der Waals surface area (Å²) in [5.74, 6) is -1.15. The highest BCUT2D eigenvalue weighted by molar-refractivity contribution is 5.68.